The fourth-order valence-electron chi connectivity index (χ4n) is 6.85. The zero-order valence-corrected chi connectivity index (χ0v) is 34.1. The minimum atomic E-state index is -1.45. The number of aliphatic hydroxyl groups excluding tert-OH is 1. The summed E-state index contributed by atoms with van der Waals surface area (Å²) in [6, 6.07) is 13.8. The second kappa shape index (κ2) is 21.7. The van der Waals surface area contributed by atoms with E-state index < -0.39 is 84.3 Å². The van der Waals surface area contributed by atoms with Crippen molar-refractivity contribution in [2.24, 2.45) is 17.6 Å². The monoisotopic (exact) mass is 816 g/mol. The van der Waals surface area contributed by atoms with Crippen LogP contribution >= 0.6 is 0 Å². The normalized spacial score (nSPS) is 17.1. The second-order valence-corrected chi connectivity index (χ2v) is 15.1. The van der Waals surface area contributed by atoms with Crippen LogP contribution in [0.4, 0.5) is 0 Å². The maximum absolute atomic E-state index is 13.8. The van der Waals surface area contributed by atoms with Gasteiger partial charge in [-0.05, 0) is 42.4 Å². The third-order valence-corrected chi connectivity index (χ3v) is 10.4. The van der Waals surface area contributed by atoms with Crippen LogP contribution < -0.4 is 32.3 Å². The predicted octanol–water partition coefficient (Wildman–Crippen LogP) is 0.680. The summed E-state index contributed by atoms with van der Waals surface area (Å²) in [5.41, 5.74) is 6.69. The number of benzene rings is 2. The van der Waals surface area contributed by atoms with Crippen molar-refractivity contribution in [1.29, 1.82) is 0 Å². The predicted molar refractivity (Wildman–Crippen MR) is 218 cm³/mol. The summed E-state index contributed by atoms with van der Waals surface area (Å²) in [4.78, 5) is 98.1. The maximum Gasteiger partial charge on any atom is 0.328 e. The van der Waals surface area contributed by atoms with Gasteiger partial charge >= 0.3 is 5.97 Å². The van der Waals surface area contributed by atoms with Gasteiger partial charge in [0.25, 0.3) is 5.91 Å². The number of carbonyl (C=O) groups is 7. The Morgan fingerprint density at radius 2 is 1.54 bits per heavy atom. The highest BCUT2D eigenvalue weighted by molar-refractivity contribution is 6.00. The van der Waals surface area contributed by atoms with E-state index in [1.807, 2.05) is 19.1 Å². The van der Waals surface area contributed by atoms with Crippen LogP contribution in [0.2, 0.25) is 0 Å². The average Bonchev–Trinajstić information content (AvgIpc) is 3.73. The standard InChI is InChI=1S/C42H56N8O9/c1-6-25(4)36(41(57)48-35(24(2)3)42(58)59-5)49-40(56)32-17-12-20-50(32)34(52)23-44-37(53)30(21-26-13-8-7-9-14-26)46-39(55)31(22-33(43)51)47-38(54)29-19-18-27-15-10-11-16-28(27)45-29/h7-11,13-16,18-19,24-25,30-32,34-36,52H,6,12,17,20-23H2,1-5H3,(H2,43,51)(H,44,53)(H,46,55)(H,47,54)(H,48,57)(H,49,56)/t25-,30-,31-,32-,34?,35-,36-/m0/s1. The van der Waals surface area contributed by atoms with Crippen molar-refractivity contribution in [3.63, 3.8) is 0 Å². The first-order valence-electron chi connectivity index (χ1n) is 19.8. The van der Waals surface area contributed by atoms with Crippen LogP contribution in [0.25, 0.3) is 10.9 Å². The number of pyridine rings is 1. The molecule has 0 aliphatic carbocycles. The van der Waals surface area contributed by atoms with Crippen LogP contribution in [0.1, 0.15) is 69.4 Å². The number of nitrogens with one attached hydrogen (secondary N) is 5. The number of para-hydroxylation sites is 1. The number of esters is 1. The van der Waals surface area contributed by atoms with Crippen LogP contribution in [0.3, 0.4) is 0 Å². The lowest BCUT2D eigenvalue weighted by atomic mass is 9.96. The molecule has 17 nitrogen and oxygen atoms in total. The van der Waals surface area contributed by atoms with E-state index in [-0.39, 0.29) is 30.5 Å². The van der Waals surface area contributed by atoms with E-state index >= 15 is 0 Å². The van der Waals surface area contributed by atoms with E-state index in [0.717, 1.165) is 5.39 Å². The van der Waals surface area contributed by atoms with Crippen molar-refractivity contribution >= 4 is 52.3 Å². The van der Waals surface area contributed by atoms with E-state index in [1.165, 1.54) is 18.1 Å². The fourth-order valence-corrected chi connectivity index (χ4v) is 6.85. The molecule has 1 fully saturated rings. The first kappa shape index (κ1) is 45.8. The zero-order chi connectivity index (χ0) is 43.2. The van der Waals surface area contributed by atoms with Gasteiger partial charge in [-0.2, -0.15) is 0 Å². The number of nitrogens with zero attached hydrogens (tertiary/aromatic N) is 2. The van der Waals surface area contributed by atoms with Crippen molar-refractivity contribution in [3.05, 3.63) is 78.0 Å². The molecular formula is C42H56N8O9. The number of rotatable bonds is 20. The van der Waals surface area contributed by atoms with Crippen LogP contribution in [0.5, 0.6) is 0 Å². The SMILES string of the molecule is CC[C@H](C)[C@H](NC(=O)[C@@H]1CCCN1C(O)CNC(=O)[C@H](Cc1ccccc1)NC(=O)[C@H](CC(N)=O)NC(=O)c1ccc2ccccc2n1)C(=O)N[C@H](C(=O)OC)C(C)C. The van der Waals surface area contributed by atoms with Gasteiger partial charge in [-0.25, -0.2) is 9.78 Å². The summed E-state index contributed by atoms with van der Waals surface area (Å²) >= 11 is 0. The summed E-state index contributed by atoms with van der Waals surface area (Å²) < 4.78 is 4.85. The van der Waals surface area contributed by atoms with Crippen molar-refractivity contribution in [2.45, 2.75) is 96.2 Å². The number of aliphatic hydroxyl groups is 1. The molecule has 3 aromatic rings. The molecule has 318 valence electrons. The van der Waals surface area contributed by atoms with Gasteiger partial charge in [-0.15, -0.1) is 0 Å². The molecule has 59 heavy (non-hydrogen) atoms. The third kappa shape index (κ3) is 12.8. The molecule has 4 rings (SSSR count). The largest absolute Gasteiger partial charge is 0.467 e. The summed E-state index contributed by atoms with van der Waals surface area (Å²) in [6.07, 6.45) is -0.414. The quantitative estimate of drug-likeness (QED) is 0.0782. The first-order valence-corrected chi connectivity index (χ1v) is 19.8. The molecule has 0 saturated carbocycles. The smallest absolute Gasteiger partial charge is 0.328 e. The Morgan fingerprint density at radius 1 is 0.847 bits per heavy atom. The minimum absolute atomic E-state index is 0.00410. The molecule has 1 aromatic heterocycles. The molecule has 1 saturated heterocycles. The first-order chi connectivity index (χ1) is 28.1. The Kier molecular flexibility index (Phi) is 16.8. The molecule has 1 unspecified atom stereocenters. The zero-order valence-electron chi connectivity index (χ0n) is 34.1. The molecule has 0 bridgehead atoms. The summed E-state index contributed by atoms with van der Waals surface area (Å²) in [5, 5.41) is 25.5. The number of nitrogens with two attached hydrogens (primary N) is 1. The number of amides is 6. The van der Waals surface area contributed by atoms with E-state index in [0.29, 0.717) is 36.9 Å². The molecule has 2 aromatic carbocycles. The van der Waals surface area contributed by atoms with Gasteiger partial charge in [-0.1, -0.05) is 88.7 Å². The highest BCUT2D eigenvalue weighted by Crippen LogP contribution is 2.21. The number of carbonyl (C=O) groups excluding carboxylic acids is 7. The molecule has 7 atom stereocenters. The molecule has 1 aliphatic rings. The highest BCUT2D eigenvalue weighted by atomic mass is 16.5. The fraction of sp³-hybridized carbons (Fsp3) is 0.476. The number of aromatic nitrogens is 1. The number of primary amides is 1. The summed E-state index contributed by atoms with van der Waals surface area (Å²) in [6.45, 7) is 7.19. The van der Waals surface area contributed by atoms with E-state index in [1.54, 1.807) is 69.3 Å². The number of ether oxygens (including phenoxy) is 1. The van der Waals surface area contributed by atoms with Crippen LogP contribution in [0.15, 0.2) is 66.7 Å². The Hall–Kier alpha value is -5.94. The number of hydrogen-bond donors (Lipinski definition) is 7. The van der Waals surface area contributed by atoms with E-state index in [2.05, 4.69) is 31.6 Å². The molecular weight excluding hydrogens is 761 g/mol. The van der Waals surface area contributed by atoms with E-state index in [4.69, 9.17) is 10.5 Å². The van der Waals surface area contributed by atoms with Crippen molar-refractivity contribution in [3.8, 4) is 0 Å². The minimum Gasteiger partial charge on any atom is -0.467 e. The molecule has 8 N–H and O–H groups in total. The number of likely N-dealkylation sites (tertiary alicyclic amines) is 1. The Labute approximate surface area is 343 Å². The third-order valence-electron chi connectivity index (χ3n) is 10.4. The second-order valence-electron chi connectivity index (χ2n) is 15.1. The van der Waals surface area contributed by atoms with Gasteiger partial charge in [0.05, 0.1) is 31.6 Å². The van der Waals surface area contributed by atoms with Gasteiger partial charge in [0.1, 0.15) is 36.1 Å². The van der Waals surface area contributed by atoms with Gasteiger partial charge < -0.3 is 42.2 Å². The molecule has 6 amide bonds. The Morgan fingerprint density at radius 3 is 2.20 bits per heavy atom. The summed E-state index contributed by atoms with van der Waals surface area (Å²) in [5.74, 6) is -5.34. The lowest BCUT2D eigenvalue weighted by molar-refractivity contribution is -0.147. The van der Waals surface area contributed by atoms with Gasteiger partial charge in [0.15, 0.2) is 0 Å². The molecule has 2 heterocycles. The van der Waals surface area contributed by atoms with E-state index in [9.17, 15) is 38.7 Å². The van der Waals surface area contributed by atoms with Crippen LogP contribution in [-0.4, -0.2) is 113 Å². The molecule has 0 radical (unpaired) electrons. The maximum atomic E-state index is 13.8. The lowest BCUT2D eigenvalue weighted by Crippen LogP contribution is -2.59. The number of hydrogen-bond acceptors (Lipinski definition) is 11. The Balaban J connectivity index is 1.44. The Bertz CT molecular complexity index is 1960. The molecule has 1 aliphatic heterocycles. The topological polar surface area (TPSA) is 251 Å². The van der Waals surface area contributed by atoms with Crippen molar-refractivity contribution in [2.75, 3.05) is 20.2 Å². The highest BCUT2D eigenvalue weighted by Gasteiger charge is 2.39. The van der Waals surface area contributed by atoms with Crippen molar-refractivity contribution < 1.29 is 43.4 Å². The number of methoxy groups -OCH3 is 1. The van der Waals surface area contributed by atoms with Crippen molar-refractivity contribution in [1.82, 2.24) is 36.5 Å². The van der Waals surface area contributed by atoms with Gasteiger partial charge in [-0.3, -0.25) is 33.7 Å². The number of fused-ring (bicyclic) bond motifs is 1. The average molecular weight is 817 g/mol. The summed E-state index contributed by atoms with van der Waals surface area (Å²) in [7, 11) is 1.23. The lowest BCUT2D eigenvalue weighted by Gasteiger charge is -2.32. The molecule has 0 spiro atoms. The van der Waals surface area contributed by atoms with Crippen LogP contribution in [0, 0.1) is 11.8 Å². The van der Waals surface area contributed by atoms with Crippen LogP contribution in [-0.2, 0) is 39.9 Å². The van der Waals surface area contributed by atoms with Gasteiger partial charge in [0.2, 0.25) is 29.5 Å². The van der Waals surface area contributed by atoms with Gasteiger partial charge in [0, 0.05) is 18.4 Å². The molecule has 17 heteroatoms.